The molecule has 0 saturated carbocycles. The molecule has 1 aromatic carbocycles. The molecule has 0 spiro atoms. The molecule has 0 unspecified atom stereocenters. The number of carbonyl (C=O) groups is 1. The first-order valence-corrected chi connectivity index (χ1v) is 9.17. The second-order valence-corrected chi connectivity index (χ2v) is 7.25. The second-order valence-electron chi connectivity index (χ2n) is 7.25. The van der Waals surface area contributed by atoms with E-state index in [2.05, 4.69) is 37.9 Å². The van der Waals surface area contributed by atoms with E-state index in [1.54, 1.807) is 18.0 Å². The summed E-state index contributed by atoms with van der Waals surface area (Å²) in [6.07, 6.45) is 0.689. The van der Waals surface area contributed by atoms with Crippen molar-refractivity contribution in [3.8, 4) is 0 Å². The Morgan fingerprint density at radius 2 is 1.74 bits per heavy atom. The Balaban J connectivity index is 1.72. The highest BCUT2D eigenvalue weighted by Crippen LogP contribution is 2.22. The fourth-order valence-corrected chi connectivity index (χ4v) is 3.44. The van der Waals surface area contributed by atoms with Gasteiger partial charge in [0, 0.05) is 19.2 Å². The monoisotopic (exact) mass is 362 g/mol. The number of pyridine rings is 1. The Labute approximate surface area is 160 Å². The van der Waals surface area contributed by atoms with E-state index in [-0.39, 0.29) is 5.91 Å². The summed E-state index contributed by atoms with van der Waals surface area (Å²) in [7, 11) is 1.77. The summed E-state index contributed by atoms with van der Waals surface area (Å²) < 4.78 is 5.86. The summed E-state index contributed by atoms with van der Waals surface area (Å²) in [5.74, 6) is 1.03. The molecule has 0 bridgehead atoms. The number of aromatic nitrogens is 1. The summed E-state index contributed by atoms with van der Waals surface area (Å²) in [6, 6.07) is 13.8. The SMILES string of the molecule is Cc1cc(C)c(Cc2ccc(C(=O)N(C)Cc3cccc(C)n3)o2)c(C)c1. The van der Waals surface area contributed by atoms with Crippen LogP contribution in [0, 0.1) is 27.7 Å². The number of carbonyl (C=O) groups excluding carboxylic acids is 1. The van der Waals surface area contributed by atoms with Crippen LogP contribution in [0.3, 0.4) is 0 Å². The molecule has 0 aliphatic heterocycles. The zero-order chi connectivity index (χ0) is 19.6. The van der Waals surface area contributed by atoms with Crippen molar-refractivity contribution in [3.63, 3.8) is 0 Å². The molecule has 4 heteroatoms. The van der Waals surface area contributed by atoms with Gasteiger partial charge in [-0.05, 0) is 68.7 Å². The van der Waals surface area contributed by atoms with Gasteiger partial charge in [0.25, 0.3) is 5.91 Å². The molecule has 0 aliphatic rings. The summed E-state index contributed by atoms with van der Waals surface area (Å²) in [5, 5.41) is 0. The highest BCUT2D eigenvalue weighted by Gasteiger charge is 2.17. The third kappa shape index (κ3) is 4.45. The van der Waals surface area contributed by atoms with Crippen LogP contribution in [0.4, 0.5) is 0 Å². The molecule has 0 radical (unpaired) electrons. The van der Waals surface area contributed by atoms with Gasteiger partial charge in [-0.1, -0.05) is 23.8 Å². The summed E-state index contributed by atoms with van der Waals surface area (Å²) in [6.45, 7) is 8.73. The molecular weight excluding hydrogens is 336 g/mol. The van der Waals surface area contributed by atoms with Crippen molar-refractivity contribution in [1.29, 1.82) is 0 Å². The Morgan fingerprint density at radius 3 is 2.41 bits per heavy atom. The molecule has 140 valence electrons. The first-order chi connectivity index (χ1) is 12.8. The summed E-state index contributed by atoms with van der Waals surface area (Å²) in [4.78, 5) is 18.8. The number of rotatable bonds is 5. The van der Waals surface area contributed by atoms with Gasteiger partial charge >= 0.3 is 0 Å². The topological polar surface area (TPSA) is 46.3 Å². The highest BCUT2D eigenvalue weighted by molar-refractivity contribution is 5.91. The Morgan fingerprint density at radius 1 is 1.04 bits per heavy atom. The maximum Gasteiger partial charge on any atom is 0.289 e. The van der Waals surface area contributed by atoms with Gasteiger partial charge in [0.1, 0.15) is 5.76 Å². The lowest BCUT2D eigenvalue weighted by Crippen LogP contribution is -2.26. The molecular formula is C23H26N2O2. The summed E-state index contributed by atoms with van der Waals surface area (Å²) in [5.41, 5.74) is 6.82. The van der Waals surface area contributed by atoms with E-state index in [4.69, 9.17) is 4.42 Å². The quantitative estimate of drug-likeness (QED) is 0.657. The van der Waals surface area contributed by atoms with Crippen molar-refractivity contribution >= 4 is 5.91 Å². The molecule has 4 nitrogen and oxygen atoms in total. The third-order valence-electron chi connectivity index (χ3n) is 4.76. The Kier molecular flexibility index (Phi) is 5.45. The average Bonchev–Trinajstić information content (AvgIpc) is 3.06. The molecule has 0 atom stereocenters. The number of furan rings is 1. The molecule has 2 heterocycles. The fraction of sp³-hybridized carbons (Fsp3) is 0.304. The lowest BCUT2D eigenvalue weighted by atomic mass is 9.97. The molecule has 3 aromatic rings. The van der Waals surface area contributed by atoms with Crippen molar-refractivity contribution < 1.29 is 9.21 Å². The van der Waals surface area contributed by atoms with E-state index in [0.29, 0.717) is 18.7 Å². The average molecular weight is 362 g/mol. The minimum absolute atomic E-state index is 0.137. The predicted molar refractivity (Wildman–Crippen MR) is 107 cm³/mol. The van der Waals surface area contributed by atoms with E-state index in [0.717, 1.165) is 17.1 Å². The van der Waals surface area contributed by atoms with Crippen LogP contribution in [-0.2, 0) is 13.0 Å². The van der Waals surface area contributed by atoms with Gasteiger partial charge in [0.15, 0.2) is 5.76 Å². The molecule has 0 saturated heterocycles. The van der Waals surface area contributed by atoms with Crippen LogP contribution >= 0.6 is 0 Å². The number of nitrogens with zero attached hydrogens (tertiary/aromatic N) is 2. The maximum absolute atomic E-state index is 12.7. The largest absolute Gasteiger partial charge is 0.456 e. The molecule has 3 rings (SSSR count). The van der Waals surface area contributed by atoms with Gasteiger partial charge in [0.2, 0.25) is 0 Å². The van der Waals surface area contributed by atoms with E-state index >= 15 is 0 Å². The van der Waals surface area contributed by atoms with Gasteiger partial charge in [0.05, 0.1) is 12.2 Å². The van der Waals surface area contributed by atoms with E-state index in [1.165, 1.54) is 22.3 Å². The van der Waals surface area contributed by atoms with Gasteiger partial charge < -0.3 is 9.32 Å². The lowest BCUT2D eigenvalue weighted by Gasteiger charge is -2.15. The van der Waals surface area contributed by atoms with Crippen molar-refractivity contribution in [3.05, 3.63) is 87.6 Å². The van der Waals surface area contributed by atoms with Crippen LogP contribution < -0.4 is 0 Å². The first-order valence-electron chi connectivity index (χ1n) is 9.17. The van der Waals surface area contributed by atoms with Crippen LogP contribution in [0.2, 0.25) is 0 Å². The van der Waals surface area contributed by atoms with Crippen molar-refractivity contribution in [2.75, 3.05) is 7.05 Å². The Bertz CT molecular complexity index is 949. The normalized spacial score (nSPS) is 10.9. The van der Waals surface area contributed by atoms with Crippen LogP contribution in [0.1, 0.15) is 50.0 Å². The number of hydrogen-bond donors (Lipinski definition) is 0. The van der Waals surface area contributed by atoms with Gasteiger partial charge in [-0.2, -0.15) is 0 Å². The van der Waals surface area contributed by atoms with Crippen LogP contribution in [0.5, 0.6) is 0 Å². The predicted octanol–water partition coefficient (Wildman–Crippen LogP) is 4.77. The molecule has 0 fully saturated rings. The maximum atomic E-state index is 12.7. The van der Waals surface area contributed by atoms with E-state index in [9.17, 15) is 4.79 Å². The fourth-order valence-electron chi connectivity index (χ4n) is 3.44. The molecule has 1 amide bonds. The standard InChI is InChI=1S/C23H26N2O2/c1-15-11-16(2)21(17(3)12-15)13-20-9-10-22(27-20)23(26)25(5)14-19-8-6-7-18(4)24-19/h6-12H,13-14H2,1-5H3. The minimum Gasteiger partial charge on any atom is -0.456 e. The van der Waals surface area contributed by atoms with Crippen molar-refractivity contribution in [2.45, 2.75) is 40.7 Å². The first kappa shape index (κ1) is 18.9. The van der Waals surface area contributed by atoms with Gasteiger partial charge in [-0.15, -0.1) is 0 Å². The zero-order valence-electron chi connectivity index (χ0n) is 16.7. The second kappa shape index (κ2) is 7.78. The molecule has 2 aromatic heterocycles. The van der Waals surface area contributed by atoms with Gasteiger partial charge in [-0.25, -0.2) is 0 Å². The van der Waals surface area contributed by atoms with Crippen molar-refractivity contribution in [2.24, 2.45) is 0 Å². The smallest absolute Gasteiger partial charge is 0.289 e. The Hall–Kier alpha value is -2.88. The lowest BCUT2D eigenvalue weighted by molar-refractivity contribution is 0.0750. The van der Waals surface area contributed by atoms with Crippen LogP contribution in [-0.4, -0.2) is 22.8 Å². The summed E-state index contributed by atoms with van der Waals surface area (Å²) >= 11 is 0. The number of benzene rings is 1. The van der Waals surface area contributed by atoms with E-state index in [1.807, 2.05) is 31.2 Å². The van der Waals surface area contributed by atoms with Crippen molar-refractivity contribution in [1.82, 2.24) is 9.88 Å². The highest BCUT2D eigenvalue weighted by atomic mass is 16.4. The van der Waals surface area contributed by atoms with Crippen LogP contribution in [0.25, 0.3) is 0 Å². The van der Waals surface area contributed by atoms with Gasteiger partial charge in [-0.3, -0.25) is 9.78 Å². The third-order valence-corrected chi connectivity index (χ3v) is 4.76. The molecule has 0 N–H and O–H groups in total. The number of hydrogen-bond acceptors (Lipinski definition) is 3. The molecule has 0 aliphatic carbocycles. The zero-order valence-corrected chi connectivity index (χ0v) is 16.7. The molecule has 27 heavy (non-hydrogen) atoms. The van der Waals surface area contributed by atoms with Crippen LogP contribution in [0.15, 0.2) is 46.9 Å². The minimum atomic E-state index is -0.137. The number of aryl methyl sites for hydroxylation is 4. The number of amides is 1. The van der Waals surface area contributed by atoms with E-state index < -0.39 is 0 Å².